The third kappa shape index (κ3) is 11.3. The lowest BCUT2D eigenvalue weighted by Crippen LogP contribution is -2.16. The molecule has 0 saturated heterocycles. The number of benzene rings is 3. The maximum atomic E-state index is 12.3. The number of aldehydes is 2. The number of hydrogen-bond acceptors (Lipinski definition) is 28. The Morgan fingerprint density at radius 3 is 1.39 bits per heavy atom. The summed E-state index contributed by atoms with van der Waals surface area (Å²) in [6, 6.07) is 10.1. The molecule has 0 bridgehead atoms. The summed E-state index contributed by atoms with van der Waals surface area (Å²) in [5, 5.41) is 13.2. The van der Waals surface area contributed by atoms with E-state index in [2.05, 4.69) is 18.9 Å². The molecule has 27 nitrogen and oxygen atoms in total. The molecule has 0 spiro atoms. The summed E-state index contributed by atoms with van der Waals surface area (Å²) in [4.78, 5) is 128. The van der Waals surface area contributed by atoms with Crippen LogP contribution in [-0.2, 0) is 18.9 Å². The zero-order chi connectivity index (χ0) is 62.5. The maximum absolute atomic E-state index is 12.3. The lowest BCUT2D eigenvalue weighted by Gasteiger charge is -2.09. The average molecular weight is 1210 g/mol. The van der Waals surface area contributed by atoms with Gasteiger partial charge in [-0.2, -0.15) is 0 Å². The molecule has 10 rings (SSSR count). The Balaban J connectivity index is 0.000000163. The Bertz CT molecular complexity index is 4140. The van der Waals surface area contributed by atoms with Gasteiger partial charge in [0.15, 0.2) is 63.9 Å². The Hall–Kier alpha value is -10.7. The van der Waals surface area contributed by atoms with Gasteiger partial charge in [0.1, 0.15) is 22.8 Å². The molecule has 0 radical (unpaired) electrons. The first-order valence-corrected chi connectivity index (χ1v) is 25.5. The molecule has 1 aliphatic rings. The van der Waals surface area contributed by atoms with Crippen molar-refractivity contribution in [3.63, 3.8) is 0 Å². The second-order valence-corrected chi connectivity index (χ2v) is 19.1. The molecule has 442 valence electrons. The van der Waals surface area contributed by atoms with E-state index in [1.54, 1.807) is 12.1 Å². The lowest BCUT2D eigenvalue weighted by molar-refractivity contribution is -0.385. The summed E-state index contributed by atoms with van der Waals surface area (Å²) in [6.07, 6.45) is 0.926. The van der Waals surface area contributed by atoms with Crippen molar-refractivity contribution in [1.29, 1.82) is 0 Å². The molecule has 0 N–H and O–H groups in total. The van der Waals surface area contributed by atoms with Crippen LogP contribution in [0, 0.1) is 10.1 Å². The third-order valence-electron chi connectivity index (χ3n) is 12.3. The van der Waals surface area contributed by atoms with Crippen LogP contribution in [0.4, 0.5) is 5.69 Å². The molecule has 3 aromatic carbocycles. The van der Waals surface area contributed by atoms with E-state index in [0.717, 1.165) is 28.5 Å². The number of carbonyl (C=O) groups excluding carboxylic acids is 10. The zero-order valence-corrected chi connectivity index (χ0v) is 48.2. The van der Waals surface area contributed by atoms with Crippen LogP contribution in [0.25, 0.3) is 43.0 Å². The van der Waals surface area contributed by atoms with Gasteiger partial charge in [0, 0.05) is 35.2 Å². The van der Waals surface area contributed by atoms with E-state index in [1.165, 1.54) is 120 Å². The fraction of sp³-hybridized carbons (Fsp3) is 0.214. The van der Waals surface area contributed by atoms with E-state index in [0.29, 0.717) is 66.5 Å². The summed E-state index contributed by atoms with van der Waals surface area (Å²) >= 11 is 2.24. The number of nitro benzene ring substituents is 1. The van der Waals surface area contributed by atoms with Gasteiger partial charge in [0.05, 0.1) is 123 Å². The molecule has 0 unspecified atom stereocenters. The highest BCUT2D eigenvalue weighted by Gasteiger charge is 2.38. The topological polar surface area (TPSA) is 359 Å². The number of furan rings is 4. The largest absolute Gasteiger partial charge is 0.495 e. The van der Waals surface area contributed by atoms with E-state index in [9.17, 15) is 58.1 Å². The van der Waals surface area contributed by atoms with Crippen LogP contribution in [0.2, 0.25) is 0 Å². The number of rotatable bonds is 15. The highest BCUT2D eigenvalue weighted by Crippen LogP contribution is 2.49. The first-order chi connectivity index (χ1) is 40.6. The van der Waals surface area contributed by atoms with Crippen molar-refractivity contribution in [3.05, 3.63) is 118 Å². The Labute approximate surface area is 484 Å². The fourth-order valence-corrected chi connectivity index (χ4v) is 10.6. The number of nitro groups is 1. The van der Waals surface area contributed by atoms with Crippen LogP contribution in [0.5, 0.6) is 34.5 Å². The van der Waals surface area contributed by atoms with Crippen molar-refractivity contribution in [2.75, 3.05) is 71.1 Å². The molecule has 6 heterocycles. The Morgan fingerprint density at radius 1 is 0.482 bits per heavy atom. The minimum atomic E-state index is -0.787. The van der Waals surface area contributed by atoms with Gasteiger partial charge >= 0.3 is 29.6 Å². The van der Waals surface area contributed by atoms with Crippen molar-refractivity contribution in [3.8, 4) is 34.5 Å². The average Bonchev–Trinajstić information content (AvgIpc) is 1.88. The summed E-state index contributed by atoms with van der Waals surface area (Å²) in [7, 11) is 13.2. The molecule has 0 amide bonds. The predicted molar refractivity (Wildman–Crippen MR) is 296 cm³/mol. The number of ketones is 4. The summed E-state index contributed by atoms with van der Waals surface area (Å²) in [6.45, 7) is 2.86. The second-order valence-electron chi connectivity index (χ2n) is 16.9. The Kier molecular flexibility index (Phi) is 18.7. The number of fused-ring (bicyclic) bond motifs is 6. The molecular weight excluding hydrogens is 1170 g/mol. The van der Waals surface area contributed by atoms with Crippen LogP contribution >= 0.6 is 22.7 Å². The second kappa shape index (κ2) is 25.6. The normalized spacial score (nSPS) is 11.1. The molecule has 6 aromatic heterocycles. The van der Waals surface area contributed by atoms with E-state index in [1.807, 2.05) is 0 Å². The Morgan fingerprint density at radius 2 is 0.941 bits per heavy atom. The number of esters is 4. The number of carbonyl (C=O) groups is 10. The molecule has 0 atom stereocenters. The molecule has 85 heavy (non-hydrogen) atoms. The molecule has 1 aliphatic carbocycles. The van der Waals surface area contributed by atoms with Crippen LogP contribution in [-0.4, -0.2) is 136 Å². The van der Waals surface area contributed by atoms with Gasteiger partial charge in [-0.25, -0.2) is 19.2 Å². The van der Waals surface area contributed by atoms with Gasteiger partial charge in [-0.1, -0.05) is 0 Å². The number of methoxy groups -OCH3 is 10. The van der Waals surface area contributed by atoms with E-state index < -0.39 is 46.1 Å². The molecule has 29 heteroatoms. The predicted octanol–water partition coefficient (Wildman–Crippen LogP) is 9.77. The summed E-state index contributed by atoms with van der Waals surface area (Å²) < 4.78 is 71.7. The maximum Gasteiger partial charge on any atom is 0.373 e. The van der Waals surface area contributed by atoms with Crippen LogP contribution < -0.4 is 28.4 Å². The van der Waals surface area contributed by atoms with E-state index in [4.69, 9.17) is 46.1 Å². The van der Waals surface area contributed by atoms with Crippen LogP contribution in [0.1, 0.15) is 127 Å². The van der Waals surface area contributed by atoms with Gasteiger partial charge in [0.2, 0.25) is 34.6 Å². The van der Waals surface area contributed by atoms with Crippen molar-refractivity contribution < 1.29 is 118 Å². The zero-order valence-electron chi connectivity index (χ0n) is 46.6. The monoisotopic (exact) mass is 1210 g/mol. The number of hydrogen-bond donors (Lipinski definition) is 0. The van der Waals surface area contributed by atoms with Gasteiger partial charge < -0.3 is 65.0 Å². The highest BCUT2D eigenvalue weighted by atomic mass is 32.1. The number of nitrogens with zero attached hydrogens (tertiary/aromatic N) is 1. The first-order valence-electron chi connectivity index (χ1n) is 23.9. The molecular formula is C56H45NO26S2. The summed E-state index contributed by atoms with van der Waals surface area (Å²) in [5.74, 6) is -3.20. The first kappa shape index (κ1) is 61.9. The van der Waals surface area contributed by atoms with Gasteiger partial charge in [0.25, 0.3) is 0 Å². The minimum Gasteiger partial charge on any atom is -0.495 e. The van der Waals surface area contributed by atoms with Crippen molar-refractivity contribution in [2.24, 2.45) is 0 Å². The van der Waals surface area contributed by atoms with Crippen molar-refractivity contribution in [2.45, 2.75) is 13.8 Å². The minimum absolute atomic E-state index is 0.0112. The van der Waals surface area contributed by atoms with E-state index >= 15 is 0 Å². The number of thiophene rings is 2. The van der Waals surface area contributed by atoms with Gasteiger partial charge in [-0.15, -0.1) is 22.7 Å². The van der Waals surface area contributed by atoms with Gasteiger partial charge in [-0.3, -0.25) is 38.9 Å². The number of Topliss-reactive ketones (excluding diaryl/α,β-unsaturated/α-hetero) is 2. The third-order valence-corrected chi connectivity index (χ3v) is 14.8. The van der Waals surface area contributed by atoms with Crippen LogP contribution in [0.3, 0.4) is 0 Å². The smallest absolute Gasteiger partial charge is 0.373 e. The SMILES string of the molecule is COC(=O)c1cc2c(OC)c(C=O)c([N+](=O)[O-])c(OC)c2o1.COC(=O)c1cc2c(OC)c(C=O)cc(OC)c2o1.COC(=O)c1cc2c(OC)c3cc(C(C)=O)sc3c(OC)c2o1.COC(=O)c1cc2c(o1)C(=O)c1sc(C(C)=O)cc1C2=O. The standard InChI is InChI=1S/C16H14O6S.C14H8O6S.C13H11NO8.C13H12O6/c1-7(17)11-6-9-12(19-2)8-5-10(16(18)21-4)22-13(8)14(20-3)15(9)23-11;1-5(15)9-4-7-10(16)6-3-8(14(18)19-2)20-12(6)11(17)13(7)21-9;1-19-10-6-4-8(13(16)21-3)22-11(6)12(20-2)9(14(17)18)7(10)5-15;1-16-9-4-7(6-14)11(17-2)8-5-10(13(15)18-3)19-12(8)9/h5-6H,1-4H3;3-4H,1-2H3;4-5H,1-3H3;4-6H,1-3H3. The van der Waals surface area contributed by atoms with Gasteiger partial charge in [-0.05, 0) is 32.0 Å². The molecule has 9 aromatic rings. The highest BCUT2D eigenvalue weighted by molar-refractivity contribution is 7.21. The lowest BCUT2D eigenvalue weighted by atomic mass is 9.94. The molecule has 0 fully saturated rings. The molecule has 0 aliphatic heterocycles. The van der Waals surface area contributed by atoms with Crippen molar-refractivity contribution in [1.82, 2.24) is 0 Å². The molecule has 0 saturated carbocycles. The quantitative estimate of drug-likeness (QED) is 0.0230. The fourth-order valence-electron chi connectivity index (χ4n) is 8.52. The van der Waals surface area contributed by atoms with E-state index in [-0.39, 0.29) is 90.7 Å². The summed E-state index contributed by atoms with van der Waals surface area (Å²) in [5.41, 5.74) is 0.197. The van der Waals surface area contributed by atoms with Crippen molar-refractivity contribution >= 4 is 131 Å². The van der Waals surface area contributed by atoms with Crippen LogP contribution in [0.15, 0.2) is 60.1 Å². The number of ether oxygens (including phenoxy) is 10.